The monoisotopic (exact) mass is 353 g/mol. The van der Waals surface area contributed by atoms with Gasteiger partial charge in [-0.15, -0.1) is 12.6 Å². The molecule has 1 aromatic rings. The topological polar surface area (TPSA) is 64.6 Å². The molecule has 0 saturated carbocycles. The number of amides is 1. The molecule has 6 heteroatoms. The van der Waals surface area contributed by atoms with E-state index in [-0.39, 0.29) is 5.60 Å². The minimum Gasteiger partial charge on any atom is -0.488 e. The minimum absolute atomic E-state index is 0.274. The fourth-order valence-corrected chi connectivity index (χ4v) is 2.09. The largest absolute Gasteiger partial charge is 0.488 e. The number of thiol groups is 1. The molecule has 0 spiro atoms. The number of benzene rings is 1. The molecule has 1 amide bonds. The molecule has 0 heterocycles. The number of rotatable bonds is 5. The van der Waals surface area contributed by atoms with Crippen LogP contribution in [0.4, 0.5) is 4.79 Å². The lowest BCUT2D eigenvalue weighted by Gasteiger charge is -2.23. The summed E-state index contributed by atoms with van der Waals surface area (Å²) in [4.78, 5) is 23.5. The van der Waals surface area contributed by atoms with Gasteiger partial charge in [0.15, 0.2) is 0 Å². The number of nitrogens with one attached hydrogen (secondary N) is 1. The fraction of sp³-hybridized carbons (Fsp3) is 0.556. The van der Waals surface area contributed by atoms with Gasteiger partial charge in [-0.05, 0) is 59.2 Å². The second-order valence-electron chi connectivity index (χ2n) is 7.60. The Hall–Kier alpha value is -1.69. The van der Waals surface area contributed by atoms with Crippen LogP contribution in [0.5, 0.6) is 5.75 Å². The predicted octanol–water partition coefficient (Wildman–Crippen LogP) is 3.76. The first-order valence-electron chi connectivity index (χ1n) is 7.86. The fourth-order valence-electron chi connectivity index (χ4n) is 1.93. The molecule has 0 unspecified atom stereocenters. The van der Waals surface area contributed by atoms with Gasteiger partial charge in [0.2, 0.25) is 5.12 Å². The van der Waals surface area contributed by atoms with Crippen molar-refractivity contribution in [3.63, 3.8) is 0 Å². The Labute approximate surface area is 149 Å². The number of hydrogen-bond acceptors (Lipinski definition) is 4. The van der Waals surface area contributed by atoms with Crippen molar-refractivity contribution in [1.82, 2.24) is 5.32 Å². The predicted molar refractivity (Wildman–Crippen MR) is 97.7 cm³/mol. The molecule has 1 N–H and O–H groups in total. The molecule has 0 aliphatic rings. The van der Waals surface area contributed by atoms with Crippen molar-refractivity contribution in [2.75, 3.05) is 0 Å². The molecule has 134 valence electrons. The van der Waals surface area contributed by atoms with E-state index in [4.69, 9.17) is 9.47 Å². The third-order valence-electron chi connectivity index (χ3n) is 2.78. The van der Waals surface area contributed by atoms with E-state index in [9.17, 15) is 9.59 Å². The third kappa shape index (κ3) is 8.24. The second kappa shape index (κ2) is 7.92. The number of ether oxygens (including phenoxy) is 2. The number of alkyl carbamates (subject to hydrolysis) is 1. The Morgan fingerprint density at radius 1 is 1.04 bits per heavy atom. The summed E-state index contributed by atoms with van der Waals surface area (Å²) in [5.74, 6) is 0.750. The first kappa shape index (κ1) is 20.4. The molecule has 0 bridgehead atoms. The lowest BCUT2D eigenvalue weighted by atomic mass is 10.1. The average molecular weight is 353 g/mol. The van der Waals surface area contributed by atoms with E-state index in [0.29, 0.717) is 6.42 Å². The molecular weight excluding hydrogens is 326 g/mol. The summed E-state index contributed by atoms with van der Waals surface area (Å²) in [6, 6.07) is 6.66. The Bertz CT molecular complexity index is 570. The van der Waals surface area contributed by atoms with Crippen LogP contribution >= 0.6 is 12.6 Å². The summed E-state index contributed by atoms with van der Waals surface area (Å²) >= 11 is 3.85. The van der Waals surface area contributed by atoms with Crippen molar-refractivity contribution in [3.8, 4) is 5.75 Å². The molecule has 1 rings (SSSR count). The highest BCUT2D eigenvalue weighted by Gasteiger charge is 2.23. The second-order valence-corrected chi connectivity index (χ2v) is 8.04. The highest BCUT2D eigenvalue weighted by molar-refractivity contribution is 7.96. The first-order chi connectivity index (χ1) is 10.9. The van der Waals surface area contributed by atoms with Gasteiger partial charge in [-0.3, -0.25) is 4.79 Å². The zero-order valence-electron chi connectivity index (χ0n) is 15.2. The molecule has 0 aliphatic heterocycles. The molecule has 0 aliphatic carbocycles. The standard InChI is InChI=1S/C18H27NO4S/c1-17(2,3)22-13-9-7-12(8-10-13)11-14(15(20)24)19-16(21)23-18(4,5)6/h7-10,14H,11H2,1-6H3,(H,19,21)(H,20,24)/t14-/m0/s1. The van der Waals surface area contributed by atoms with Crippen LogP contribution in [0.25, 0.3) is 0 Å². The van der Waals surface area contributed by atoms with Gasteiger partial charge < -0.3 is 14.8 Å². The van der Waals surface area contributed by atoms with Crippen LogP contribution < -0.4 is 10.1 Å². The van der Waals surface area contributed by atoms with E-state index >= 15 is 0 Å². The van der Waals surface area contributed by atoms with Crippen molar-refractivity contribution in [2.24, 2.45) is 0 Å². The maximum atomic E-state index is 11.8. The molecule has 0 radical (unpaired) electrons. The molecule has 0 saturated heterocycles. The molecule has 0 aromatic heterocycles. The molecule has 0 fully saturated rings. The highest BCUT2D eigenvalue weighted by Crippen LogP contribution is 2.19. The van der Waals surface area contributed by atoms with Crippen molar-refractivity contribution in [3.05, 3.63) is 29.8 Å². The third-order valence-corrected chi connectivity index (χ3v) is 3.09. The van der Waals surface area contributed by atoms with Crippen molar-refractivity contribution < 1.29 is 19.1 Å². The molecule has 1 atom stereocenters. The van der Waals surface area contributed by atoms with Crippen LogP contribution in [0.1, 0.15) is 47.1 Å². The Balaban J connectivity index is 2.72. The zero-order valence-corrected chi connectivity index (χ0v) is 16.1. The molecule has 1 aromatic carbocycles. The van der Waals surface area contributed by atoms with Crippen LogP contribution in [0.2, 0.25) is 0 Å². The van der Waals surface area contributed by atoms with Gasteiger partial charge in [-0.2, -0.15) is 0 Å². The molecular formula is C18H27NO4S. The Morgan fingerprint density at radius 2 is 1.58 bits per heavy atom. The highest BCUT2D eigenvalue weighted by atomic mass is 32.1. The van der Waals surface area contributed by atoms with E-state index in [2.05, 4.69) is 17.9 Å². The lowest BCUT2D eigenvalue weighted by molar-refractivity contribution is -0.112. The van der Waals surface area contributed by atoms with Crippen molar-refractivity contribution in [2.45, 2.75) is 65.2 Å². The van der Waals surface area contributed by atoms with Gasteiger partial charge in [-0.25, -0.2) is 4.79 Å². The SMILES string of the molecule is CC(C)(C)OC(=O)N[C@@H](Cc1ccc(OC(C)(C)C)cc1)C(=O)S. The van der Waals surface area contributed by atoms with Gasteiger partial charge in [0, 0.05) is 6.42 Å². The van der Waals surface area contributed by atoms with Gasteiger partial charge in [0.05, 0.1) is 0 Å². The van der Waals surface area contributed by atoms with Crippen LogP contribution in [0.3, 0.4) is 0 Å². The summed E-state index contributed by atoms with van der Waals surface area (Å²) in [6.45, 7) is 11.2. The lowest BCUT2D eigenvalue weighted by Crippen LogP contribution is -2.43. The summed E-state index contributed by atoms with van der Waals surface area (Å²) in [6.07, 6.45) is -0.306. The van der Waals surface area contributed by atoms with E-state index in [1.165, 1.54) is 0 Å². The smallest absolute Gasteiger partial charge is 0.408 e. The van der Waals surface area contributed by atoms with E-state index < -0.39 is 22.9 Å². The first-order valence-corrected chi connectivity index (χ1v) is 8.31. The van der Waals surface area contributed by atoms with Gasteiger partial charge in [-0.1, -0.05) is 12.1 Å². The van der Waals surface area contributed by atoms with Crippen LogP contribution in [0, 0.1) is 0 Å². The van der Waals surface area contributed by atoms with E-state index in [1.54, 1.807) is 20.8 Å². The minimum atomic E-state index is -0.752. The van der Waals surface area contributed by atoms with Gasteiger partial charge in [0.25, 0.3) is 0 Å². The quantitative estimate of drug-likeness (QED) is 0.791. The summed E-state index contributed by atoms with van der Waals surface area (Å²) in [7, 11) is 0. The van der Waals surface area contributed by atoms with E-state index in [1.807, 2.05) is 45.0 Å². The van der Waals surface area contributed by atoms with Crippen LogP contribution in [-0.4, -0.2) is 28.5 Å². The van der Waals surface area contributed by atoms with Gasteiger partial charge in [0.1, 0.15) is 23.0 Å². The van der Waals surface area contributed by atoms with Crippen LogP contribution in [0.15, 0.2) is 24.3 Å². The zero-order chi connectivity index (χ0) is 18.5. The van der Waals surface area contributed by atoms with Crippen LogP contribution in [-0.2, 0) is 16.0 Å². The Morgan fingerprint density at radius 3 is 2.00 bits per heavy atom. The van der Waals surface area contributed by atoms with E-state index in [0.717, 1.165) is 11.3 Å². The number of carbonyl (C=O) groups is 2. The number of hydrogen-bond donors (Lipinski definition) is 2. The Kier molecular flexibility index (Phi) is 6.72. The van der Waals surface area contributed by atoms with Gasteiger partial charge >= 0.3 is 6.09 Å². The van der Waals surface area contributed by atoms with Crippen molar-refractivity contribution >= 4 is 23.8 Å². The average Bonchev–Trinajstić information content (AvgIpc) is 2.36. The normalized spacial score (nSPS) is 13.1. The summed E-state index contributed by atoms with van der Waals surface area (Å²) < 4.78 is 10.9. The maximum absolute atomic E-state index is 11.8. The maximum Gasteiger partial charge on any atom is 0.408 e. The number of carbonyl (C=O) groups excluding carboxylic acids is 2. The van der Waals surface area contributed by atoms with Crippen molar-refractivity contribution in [1.29, 1.82) is 0 Å². The molecule has 24 heavy (non-hydrogen) atoms. The summed E-state index contributed by atoms with van der Waals surface area (Å²) in [5, 5.41) is 2.14. The summed E-state index contributed by atoms with van der Waals surface area (Å²) in [5.41, 5.74) is -0.0106. The molecule has 5 nitrogen and oxygen atoms in total.